The molecule has 1 fully saturated rings. The lowest BCUT2D eigenvalue weighted by atomic mass is 10.0. The first-order valence-corrected chi connectivity index (χ1v) is 8.72. The Morgan fingerprint density at radius 2 is 1.74 bits per heavy atom. The monoisotopic (exact) mass is 381 g/mol. The number of anilines is 2. The maximum Gasteiger partial charge on any atom is 0.416 e. The average molecular weight is 381 g/mol. The zero-order valence-corrected chi connectivity index (χ0v) is 14.8. The van der Waals surface area contributed by atoms with Crippen molar-refractivity contribution in [3.05, 3.63) is 47.2 Å². The van der Waals surface area contributed by atoms with Crippen molar-refractivity contribution in [3.63, 3.8) is 0 Å². The summed E-state index contributed by atoms with van der Waals surface area (Å²) in [5.74, 6) is 0.880. The van der Waals surface area contributed by atoms with E-state index in [1.54, 1.807) is 6.20 Å². The summed E-state index contributed by atoms with van der Waals surface area (Å²) in [5.41, 5.74) is 6.65. The number of nitrogens with two attached hydrogens (primary N) is 1. The quantitative estimate of drug-likeness (QED) is 0.822. The molecule has 6 nitrogen and oxygen atoms in total. The maximum atomic E-state index is 12.7. The molecule has 2 heterocycles. The number of aliphatic hydroxyl groups excluding tert-OH is 1. The van der Waals surface area contributed by atoms with Crippen LogP contribution >= 0.6 is 0 Å². The second kappa shape index (κ2) is 8.10. The van der Waals surface area contributed by atoms with Gasteiger partial charge >= 0.3 is 6.18 Å². The summed E-state index contributed by atoms with van der Waals surface area (Å²) >= 11 is 0. The fourth-order valence-electron chi connectivity index (χ4n) is 3.17. The van der Waals surface area contributed by atoms with Crippen LogP contribution in [0.1, 0.15) is 16.7 Å². The topological polar surface area (TPSA) is 78.5 Å². The minimum absolute atomic E-state index is 0.125. The Balaban J connectivity index is 1.77. The summed E-state index contributed by atoms with van der Waals surface area (Å²) < 4.78 is 38.2. The zero-order chi connectivity index (χ0) is 19.4. The number of rotatable bonds is 5. The molecule has 3 N–H and O–H groups in total. The van der Waals surface area contributed by atoms with Gasteiger partial charge in [0.25, 0.3) is 0 Å². The molecule has 0 spiro atoms. The van der Waals surface area contributed by atoms with E-state index in [4.69, 9.17) is 10.8 Å². The van der Waals surface area contributed by atoms with Gasteiger partial charge < -0.3 is 15.7 Å². The van der Waals surface area contributed by atoms with Crippen molar-refractivity contribution in [3.8, 4) is 0 Å². The van der Waals surface area contributed by atoms with Crippen molar-refractivity contribution in [1.29, 1.82) is 0 Å². The number of β-amino-alcohol motifs (C(OH)–C–C–N with tert-alkyl or cyclic N) is 1. The first-order chi connectivity index (χ1) is 12.9. The molecular formula is C18H22F3N5O. The molecule has 0 radical (unpaired) electrons. The lowest BCUT2D eigenvalue weighted by Crippen LogP contribution is -2.47. The smallest absolute Gasteiger partial charge is 0.395 e. The van der Waals surface area contributed by atoms with E-state index in [0.29, 0.717) is 18.8 Å². The summed E-state index contributed by atoms with van der Waals surface area (Å²) in [5, 5.41) is 9.05. The second-order valence-electron chi connectivity index (χ2n) is 6.50. The second-order valence-corrected chi connectivity index (χ2v) is 6.50. The van der Waals surface area contributed by atoms with Crippen molar-refractivity contribution in [2.45, 2.75) is 12.6 Å². The Morgan fingerprint density at radius 1 is 1.07 bits per heavy atom. The highest BCUT2D eigenvalue weighted by Gasteiger charge is 2.30. The molecule has 0 aliphatic carbocycles. The van der Waals surface area contributed by atoms with Crippen LogP contribution in [0.15, 0.2) is 30.5 Å². The van der Waals surface area contributed by atoms with Crippen LogP contribution in [0.5, 0.6) is 0 Å². The fourth-order valence-corrected chi connectivity index (χ4v) is 3.17. The van der Waals surface area contributed by atoms with Gasteiger partial charge in [0.05, 0.1) is 12.2 Å². The number of nitrogens with zero attached hydrogens (tertiary/aromatic N) is 4. The van der Waals surface area contributed by atoms with Gasteiger partial charge in [-0.1, -0.05) is 12.1 Å². The number of piperazine rings is 1. The van der Waals surface area contributed by atoms with Crippen LogP contribution in [0.4, 0.5) is 24.9 Å². The fraction of sp³-hybridized carbons (Fsp3) is 0.444. The summed E-state index contributed by atoms with van der Waals surface area (Å²) in [7, 11) is 0. The maximum absolute atomic E-state index is 12.7. The molecule has 0 amide bonds. The molecular weight excluding hydrogens is 359 g/mol. The van der Waals surface area contributed by atoms with Crippen molar-refractivity contribution < 1.29 is 18.3 Å². The van der Waals surface area contributed by atoms with Gasteiger partial charge in [-0.05, 0) is 17.7 Å². The molecule has 1 aliphatic heterocycles. The first-order valence-electron chi connectivity index (χ1n) is 8.72. The van der Waals surface area contributed by atoms with E-state index in [9.17, 15) is 13.2 Å². The summed E-state index contributed by atoms with van der Waals surface area (Å²) in [4.78, 5) is 12.7. The Morgan fingerprint density at radius 3 is 2.33 bits per heavy atom. The number of hydrogen-bond donors (Lipinski definition) is 2. The van der Waals surface area contributed by atoms with Crippen LogP contribution in [0.3, 0.4) is 0 Å². The number of aromatic nitrogens is 2. The van der Waals surface area contributed by atoms with Crippen LogP contribution in [0.25, 0.3) is 0 Å². The number of halogens is 3. The number of nitrogen functional groups attached to an aromatic ring is 1. The molecule has 2 aromatic rings. The highest BCUT2D eigenvalue weighted by molar-refractivity contribution is 5.51. The van der Waals surface area contributed by atoms with Gasteiger partial charge in [0, 0.05) is 50.9 Å². The van der Waals surface area contributed by atoms with Crippen LogP contribution < -0.4 is 10.6 Å². The third-order valence-corrected chi connectivity index (χ3v) is 4.62. The van der Waals surface area contributed by atoms with Gasteiger partial charge in [-0.3, -0.25) is 4.90 Å². The normalized spacial score (nSPS) is 15.9. The van der Waals surface area contributed by atoms with Crippen molar-refractivity contribution in [2.75, 3.05) is 50.0 Å². The van der Waals surface area contributed by atoms with E-state index in [-0.39, 0.29) is 12.6 Å². The van der Waals surface area contributed by atoms with E-state index < -0.39 is 11.7 Å². The first kappa shape index (κ1) is 19.4. The third-order valence-electron chi connectivity index (χ3n) is 4.62. The molecule has 146 valence electrons. The van der Waals surface area contributed by atoms with E-state index >= 15 is 0 Å². The summed E-state index contributed by atoms with van der Waals surface area (Å²) in [6.07, 6.45) is -2.29. The lowest BCUT2D eigenvalue weighted by molar-refractivity contribution is -0.137. The standard InChI is InChI=1S/C18H22F3N5O/c19-18(20,21)15-3-1-13(2-4-15)11-14-12-23-17(22)24-16(14)26-7-5-25(6-8-26)9-10-27/h1-4,12,27H,5-11H2,(H2,22,23,24). The van der Waals surface area contributed by atoms with E-state index in [0.717, 1.165) is 49.4 Å². The largest absolute Gasteiger partial charge is 0.416 e. The van der Waals surface area contributed by atoms with E-state index in [1.165, 1.54) is 12.1 Å². The minimum Gasteiger partial charge on any atom is -0.395 e. The predicted octanol–water partition coefficient (Wildman–Crippen LogP) is 1.78. The van der Waals surface area contributed by atoms with Crippen LogP contribution in [-0.4, -0.2) is 59.3 Å². The summed E-state index contributed by atoms with van der Waals surface area (Å²) in [6.45, 7) is 3.82. The SMILES string of the molecule is Nc1ncc(Cc2ccc(C(F)(F)F)cc2)c(N2CCN(CCO)CC2)n1. The molecule has 0 unspecified atom stereocenters. The average Bonchev–Trinajstić information content (AvgIpc) is 2.64. The van der Waals surface area contributed by atoms with Gasteiger partial charge in [0.1, 0.15) is 5.82 Å². The number of aliphatic hydroxyl groups is 1. The van der Waals surface area contributed by atoms with Gasteiger partial charge in [-0.25, -0.2) is 4.98 Å². The third kappa shape index (κ3) is 4.86. The highest BCUT2D eigenvalue weighted by atomic mass is 19.4. The molecule has 1 saturated heterocycles. The zero-order valence-electron chi connectivity index (χ0n) is 14.8. The molecule has 27 heavy (non-hydrogen) atoms. The highest BCUT2D eigenvalue weighted by Crippen LogP contribution is 2.30. The molecule has 0 bridgehead atoms. The van der Waals surface area contributed by atoms with Crippen molar-refractivity contribution >= 4 is 11.8 Å². The molecule has 1 aromatic carbocycles. The number of alkyl halides is 3. The summed E-state index contributed by atoms with van der Waals surface area (Å²) in [6, 6.07) is 5.12. The Kier molecular flexibility index (Phi) is 5.81. The van der Waals surface area contributed by atoms with Gasteiger partial charge in [-0.2, -0.15) is 18.2 Å². The van der Waals surface area contributed by atoms with Crippen molar-refractivity contribution in [2.24, 2.45) is 0 Å². The Bertz CT molecular complexity index is 759. The van der Waals surface area contributed by atoms with E-state index in [2.05, 4.69) is 19.8 Å². The molecule has 1 aliphatic rings. The molecule has 0 saturated carbocycles. The van der Waals surface area contributed by atoms with Crippen molar-refractivity contribution in [1.82, 2.24) is 14.9 Å². The molecule has 3 rings (SSSR count). The number of benzene rings is 1. The predicted molar refractivity (Wildman–Crippen MR) is 96.4 cm³/mol. The van der Waals surface area contributed by atoms with Gasteiger partial charge in [-0.15, -0.1) is 0 Å². The molecule has 0 atom stereocenters. The van der Waals surface area contributed by atoms with Crippen LogP contribution in [0, 0.1) is 0 Å². The van der Waals surface area contributed by atoms with Crippen LogP contribution in [0.2, 0.25) is 0 Å². The number of hydrogen-bond acceptors (Lipinski definition) is 6. The van der Waals surface area contributed by atoms with Gasteiger partial charge in [0.15, 0.2) is 0 Å². The molecule has 9 heteroatoms. The van der Waals surface area contributed by atoms with Gasteiger partial charge in [0.2, 0.25) is 5.95 Å². The lowest BCUT2D eigenvalue weighted by Gasteiger charge is -2.35. The minimum atomic E-state index is -4.34. The van der Waals surface area contributed by atoms with Crippen LogP contribution in [-0.2, 0) is 12.6 Å². The Labute approximate surface area is 155 Å². The van der Waals surface area contributed by atoms with E-state index in [1.807, 2.05) is 0 Å². The Hall–Kier alpha value is -2.39. The molecule has 1 aromatic heterocycles.